The molecule has 0 amide bonds. The van der Waals surface area contributed by atoms with Crippen LogP contribution in [0.2, 0.25) is 0 Å². The van der Waals surface area contributed by atoms with Gasteiger partial charge in [0.2, 0.25) is 0 Å². The summed E-state index contributed by atoms with van der Waals surface area (Å²) in [5.74, 6) is -0.708. The fourth-order valence-electron chi connectivity index (χ4n) is 1.49. The molecule has 0 fully saturated rings. The molecular formula is C12H15IO2. The average Bonchev–Trinajstić information content (AvgIpc) is 2.20. The minimum Gasteiger partial charge on any atom is -0.480 e. The smallest absolute Gasteiger partial charge is 0.316 e. The van der Waals surface area contributed by atoms with E-state index in [1.54, 1.807) is 0 Å². The topological polar surface area (TPSA) is 37.3 Å². The Balaban J connectivity index is 2.38. The standard InChI is InChI=1S/C12H15IO2/c1-9-5-2-3-6-10(9)7-4-8-11(13)12(14)15/h2-3,5-6,11H,4,7-8H2,1H3,(H,14,15). The van der Waals surface area contributed by atoms with Gasteiger partial charge in [-0.15, -0.1) is 0 Å². The lowest BCUT2D eigenvalue weighted by Crippen LogP contribution is -2.12. The minimum atomic E-state index is -0.708. The Morgan fingerprint density at radius 3 is 2.73 bits per heavy atom. The van der Waals surface area contributed by atoms with Crippen molar-refractivity contribution in [2.24, 2.45) is 0 Å². The predicted octanol–water partition coefficient (Wildman–Crippen LogP) is 3.21. The third-order valence-electron chi connectivity index (χ3n) is 2.43. The molecule has 1 unspecified atom stereocenters. The second kappa shape index (κ2) is 6.10. The Morgan fingerprint density at radius 2 is 2.13 bits per heavy atom. The number of carboxylic acid groups (broad SMARTS) is 1. The highest BCUT2D eigenvalue weighted by molar-refractivity contribution is 14.1. The fraction of sp³-hybridized carbons (Fsp3) is 0.417. The normalized spacial score (nSPS) is 12.4. The summed E-state index contributed by atoms with van der Waals surface area (Å²) in [5, 5.41) is 8.73. The zero-order chi connectivity index (χ0) is 11.3. The molecule has 0 aliphatic rings. The second-order valence-electron chi connectivity index (χ2n) is 3.62. The fourth-order valence-corrected chi connectivity index (χ4v) is 1.93. The maximum Gasteiger partial charge on any atom is 0.316 e. The van der Waals surface area contributed by atoms with E-state index < -0.39 is 5.97 Å². The zero-order valence-corrected chi connectivity index (χ0v) is 10.9. The van der Waals surface area contributed by atoms with Crippen molar-refractivity contribution in [3.63, 3.8) is 0 Å². The van der Waals surface area contributed by atoms with Crippen molar-refractivity contribution in [2.45, 2.75) is 30.1 Å². The summed E-state index contributed by atoms with van der Waals surface area (Å²) in [6.45, 7) is 2.09. The number of rotatable bonds is 5. The lowest BCUT2D eigenvalue weighted by atomic mass is 10.0. The Hall–Kier alpha value is -0.580. The number of aliphatic carboxylic acids is 1. The van der Waals surface area contributed by atoms with Gasteiger partial charge in [0, 0.05) is 0 Å². The highest BCUT2D eigenvalue weighted by Gasteiger charge is 2.11. The molecule has 0 saturated carbocycles. The molecular weight excluding hydrogens is 303 g/mol. The first-order chi connectivity index (χ1) is 7.11. The maximum absolute atomic E-state index is 10.6. The molecule has 1 N–H and O–H groups in total. The molecule has 0 aliphatic heterocycles. The number of carboxylic acids is 1. The van der Waals surface area contributed by atoms with Gasteiger partial charge in [-0.3, -0.25) is 4.79 Å². The van der Waals surface area contributed by atoms with Gasteiger partial charge in [-0.2, -0.15) is 0 Å². The van der Waals surface area contributed by atoms with Gasteiger partial charge in [-0.25, -0.2) is 0 Å². The van der Waals surface area contributed by atoms with Gasteiger partial charge in [-0.05, 0) is 37.3 Å². The number of halogens is 1. The van der Waals surface area contributed by atoms with Gasteiger partial charge in [-0.1, -0.05) is 46.9 Å². The van der Waals surface area contributed by atoms with Gasteiger partial charge in [0.05, 0.1) is 0 Å². The summed E-state index contributed by atoms with van der Waals surface area (Å²) in [6, 6.07) is 8.25. The SMILES string of the molecule is Cc1ccccc1CCCC(I)C(=O)O. The molecule has 0 bridgehead atoms. The van der Waals surface area contributed by atoms with Crippen LogP contribution in [0.15, 0.2) is 24.3 Å². The van der Waals surface area contributed by atoms with E-state index in [1.165, 1.54) is 11.1 Å². The van der Waals surface area contributed by atoms with Crippen molar-refractivity contribution in [3.05, 3.63) is 35.4 Å². The van der Waals surface area contributed by atoms with Gasteiger partial charge < -0.3 is 5.11 Å². The number of alkyl halides is 1. The van der Waals surface area contributed by atoms with Gasteiger partial charge in [0.1, 0.15) is 3.92 Å². The van der Waals surface area contributed by atoms with E-state index in [9.17, 15) is 4.79 Å². The quantitative estimate of drug-likeness (QED) is 0.669. The summed E-state index contributed by atoms with van der Waals surface area (Å²) in [7, 11) is 0. The maximum atomic E-state index is 10.6. The molecule has 1 atom stereocenters. The first kappa shape index (κ1) is 12.5. The van der Waals surface area contributed by atoms with Crippen LogP contribution in [0.4, 0.5) is 0 Å². The molecule has 0 radical (unpaired) electrons. The average molecular weight is 318 g/mol. The van der Waals surface area contributed by atoms with Crippen LogP contribution in [-0.4, -0.2) is 15.0 Å². The Kier molecular flexibility index (Phi) is 5.08. The molecule has 15 heavy (non-hydrogen) atoms. The van der Waals surface area contributed by atoms with Crippen LogP contribution < -0.4 is 0 Å². The van der Waals surface area contributed by atoms with Crippen molar-refractivity contribution in [3.8, 4) is 0 Å². The highest BCUT2D eigenvalue weighted by Crippen LogP contribution is 2.14. The lowest BCUT2D eigenvalue weighted by Gasteiger charge is -2.06. The highest BCUT2D eigenvalue weighted by atomic mass is 127. The second-order valence-corrected chi connectivity index (χ2v) is 5.13. The van der Waals surface area contributed by atoms with E-state index in [0.29, 0.717) is 0 Å². The van der Waals surface area contributed by atoms with Crippen LogP contribution >= 0.6 is 22.6 Å². The van der Waals surface area contributed by atoms with Crippen LogP contribution in [0.25, 0.3) is 0 Å². The van der Waals surface area contributed by atoms with Crippen LogP contribution in [0.5, 0.6) is 0 Å². The molecule has 2 nitrogen and oxygen atoms in total. The monoisotopic (exact) mass is 318 g/mol. The van der Waals surface area contributed by atoms with Crippen molar-refractivity contribution in [2.75, 3.05) is 0 Å². The van der Waals surface area contributed by atoms with Crippen LogP contribution in [0.1, 0.15) is 24.0 Å². The van der Waals surface area contributed by atoms with Gasteiger partial charge in [0.15, 0.2) is 0 Å². The Bertz CT molecular complexity index is 336. The van der Waals surface area contributed by atoms with E-state index in [0.717, 1.165) is 19.3 Å². The lowest BCUT2D eigenvalue weighted by molar-refractivity contribution is -0.136. The summed E-state index contributed by atoms with van der Waals surface area (Å²) < 4.78 is -0.258. The molecule has 0 aromatic heterocycles. The number of hydrogen-bond acceptors (Lipinski definition) is 1. The number of benzene rings is 1. The van der Waals surface area contributed by atoms with Gasteiger partial charge in [0.25, 0.3) is 0 Å². The van der Waals surface area contributed by atoms with Crippen molar-refractivity contribution in [1.82, 2.24) is 0 Å². The molecule has 82 valence electrons. The number of hydrogen-bond donors (Lipinski definition) is 1. The molecule has 1 aromatic carbocycles. The van der Waals surface area contributed by atoms with Crippen molar-refractivity contribution < 1.29 is 9.90 Å². The molecule has 3 heteroatoms. The van der Waals surface area contributed by atoms with Crippen LogP contribution in [0.3, 0.4) is 0 Å². The first-order valence-electron chi connectivity index (χ1n) is 5.02. The van der Waals surface area contributed by atoms with E-state index in [2.05, 4.69) is 19.1 Å². The molecule has 0 spiro atoms. The van der Waals surface area contributed by atoms with E-state index in [1.807, 2.05) is 34.7 Å². The molecule has 1 rings (SSSR count). The Labute approximate surface area is 104 Å². The van der Waals surface area contributed by atoms with Gasteiger partial charge >= 0.3 is 5.97 Å². The molecule has 0 heterocycles. The van der Waals surface area contributed by atoms with Crippen molar-refractivity contribution in [1.29, 1.82) is 0 Å². The van der Waals surface area contributed by atoms with E-state index >= 15 is 0 Å². The number of carbonyl (C=O) groups is 1. The minimum absolute atomic E-state index is 0.258. The van der Waals surface area contributed by atoms with E-state index in [4.69, 9.17) is 5.11 Å². The zero-order valence-electron chi connectivity index (χ0n) is 8.74. The summed E-state index contributed by atoms with van der Waals surface area (Å²) in [5.41, 5.74) is 2.62. The van der Waals surface area contributed by atoms with Crippen LogP contribution in [-0.2, 0) is 11.2 Å². The predicted molar refractivity (Wildman–Crippen MR) is 69.6 cm³/mol. The largest absolute Gasteiger partial charge is 0.480 e. The van der Waals surface area contributed by atoms with Crippen LogP contribution in [0, 0.1) is 6.92 Å². The molecule has 0 aliphatic carbocycles. The summed E-state index contributed by atoms with van der Waals surface area (Å²) in [4.78, 5) is 10.6. The van der Waals surface area contributed by atoms with E-state index in [-0.39, 0.29) is 3.92 Å². The van der Waals surface area contributed by atoms with Crippen molar-refractivity contribution >= 4 is 28.6 Å². The number of aryl methyl sites for hydroxylation is 2. The molecule has 1 aromatic rings. The molecule has 0 saturated heterocycles. The Morgan fingerprint density at radius 1 is 1.47 bits per heavy atom. The summed E-state index contributed by atoms with van der Waals surface area (Å²) >= 11 is 1.98. The third-order valence-corrected chi connectivity index (χ3v) is 3.59. The first-order valence-corrected chi connectivity index (χ1v) is 6.27. The third kappa shape index (κ3) is 4.20. The summed E-state index contributed by atoms with van der Waals surface area (Å²) in [6.07, 6.45) is 2.65.